The Kier molecular flexibility index (Phi) is 3.60. The van der Waals surface area contributed by atoms with Crippen molar-refractivity contribution in [3.63, 3.8) is 0 Å². The fourth-order valence-electron chi connectivity index (χ4n) is 2.49. The van der Waals surface area contributed by atoms with E-state index in [1.165, 1.54) is 16.7 Å². The van der Waals surface area contributed by atoms with Crippen molar-refractivity contribution in [2.75, 3.05) is 0 Å². The maximum Gasteiger partial charge on any atom is 0.0629 e. The van der Waals surface area contributed by atoms with Gasteiger partial charge in [0.1, 0.15) is 0 Å². The second kappa shape index (κ2) is 5.70. The third-order valence-corrected chi connectivity index (χ3v) is 3.59. The maximum absolute atomic E-state index is 4.57. The summed E-state index contributed by atoms with van der Waals surface area (Å²) in [7, 11) is 0. The van der Waals surface area contributed by atoms with Gasteiger partial charge in [0.15, 0.2) is 0 Å². The number of aliphatic imine (C=N–C) groups is 1. The molecule has 0 N–H and O–H groups in total. The molecule has 0 fully saturated rings. The van der Waals surface area contributed by atoms with Crippen molar-refractivity contribution in [3.8, 4) is 0 Å². The molecule has 98 valence electrons. The number of hydrogen-bond acceptors (Lipinski definition) is 1. The number of nitrogens with zero attached hydrogens (tertiary/aromatic N) is 1. The molecule has 0 heterocycles. The molecular weight excluding hydrogens is 242 g/mol. The van der Waals surface area contributed by atoms with Crippen LogP contribution in [0.2, 0.25) is 0 Å². The molecule has 0 saturated carbocycles. The molecule has 1 aliphatic rings. The van der Waals surface area contributed by atoms with Crippen molar-refractivity contribution in [2.45, 2.75) is 12.8 Å². The van der Waals surface area contributed by atoms with Crippen LogP contribution < -0.4 is 0 Å². The quantitative estimate of drug-likeness (QED) is 0.685. The first kappa shape index (κ1) is 12.6. The van der Waals surface area contributed by atoms with E-state index in [1.54, 1.807) is 0 Å². The van der Waals surface area contributed by atoms with Gasteiger partial charge in [-0.1, -0.05) is 66.3 Å². The molecule has 0 radical (unpaired) electrons. The number of hydrogen-bond donors (Lipinski definition) is 0. The zero-order valence-electron chi connectivity index (χ0n) is 11.5. The molecule has 1 heteroatoms. The number of allylic oxidation sites excluding steroid dienone is 4. The Bertz CT molecular complexity index is 678. The van der Waals surface area contributed by atoms with Gasteiger partial charge in [-0.15, -0.1) is 0 Å². The molecule has 1 nitrogen and oxygen atoms in total. The number of para-hydroxylation sites is 1. The van der Waals surface area contributed by atoms with Gasteiger partial charge in [0.25, 0.3) is 0 Å². The molecule has 0 aromatic heterocycles. The molecule has 1 aliphatic carbocycles. The Morgan fingerprint density at radius 3 is 2.45 bits per heavy atom. The maximum atomic E-state index is 4.57. The molecule has 0 spiro atoms. The minimum Gasteiger partial charge on any atom is -0.256 e. The number of rotatable bonds is 3. The van der Waals surface area contributed by atoms with Gasteiger partial charge in [-0.05, 0) is 30.2 Å². The minimum absolute atomic E-state index is 0.383. The van der Waals surface area contributed by atoms with Gasteiger partial charge >= 0.3 is 0 Å². The molecule has 2 aromatic carbocycles. The van der Waals surface area contributed by atoms with Crippen LogP contribution in [0.15, 0.2) is 83.4 Å². The summed E-state index contributed by atoms with van der Waals surface area (Å²) in [6.45, 7) is 2.18. The summed E-state index contributed by atoms with van der Waals surface area (Å²) in [6, 6.07) is 18.5. The summed E-state index contributed by atoms with van der Waals surface area (Å²) in [5.41, 5.74) is 4.86. The normalized spacial score (nSPS) is 17.6. The average molecular weight is 259 g/mol. The molecule has 3 rings (SSSR count). The highest BCUT2D eigenvalue weighted by atomic mass is 14.7. The Hall–Kier alpha value is -2.41. The zero-order chi connectivity index (χ0) is 13.8. The van der Waals surface area contributed by atoms with Crippen LogP contribution >= 0.6 is 0 Å². The molecule has 0 amide bonds. The molecule has 1 atom stereocenters. The molecule has 0 saturated heterocycles. The third kappa shape index (κ3) is 2.62. The first-order valence-electron chi connectivity index (χ1n) is 6.87. The van der Waals surface area contributed by atoms with Crippen molar-refractivity contribution < 1.29 is 0 Å². The van der Waals surface area contributed by atoms with Gasteiger partial charge in [0, 0.05) is 12.1 Å². The summed E-state index contributed by atoms with van der Waals surface area (Å²) in [4.78, 5) is 4.57. The van der Waals surface area contributed by atoms with Gasteiger partial charge < -0.3 is 0 Å². The van der Waals surface area contributed by atoms with E-state index in [0.717, 1.165) is 5.69 Å². The zero-order valence-corrected chi connectivity index (χ0v) is 11.5. The van der Waals surface area contributed by atoms with Crippen LogP contribution in [-0.4, -0.2) is 6.21 Å². The first-order valence-corrected chi connectivity index (χ1v) is 6.87. The standard InChI is InChI=1S/C19H17N/c1-15-8-7-13-18(15)19-12-6-5-9-16(19)14-20-17-10-3-2-4-11-17/h2-14,18H,1H3. The van der Waals surface area contributed by atoms with Crippen LogP contribution in [0.1, 0.15) is 24.0 Å². The van der Waals surface area contributed by atoms with Crippen LogP contribution in [0, 0.1) is 0 Å². The van der Waals surface area contributed by atoms with E-state index in [-0.39, 0.29) is 0 Å². The molecule has 0 aliphatic heterocycles. The van der Waals surface area contributed by atoms with Crippen molar-refractivity contribution in [3.05, 3.63) is 89.5 Å². The van der Waals surface area contributed by atoms with E-state index in [9.17, 15) is 0 Å². The van der Waals surface area contributed by atoms with Crippen molar-refractivity contribution in [1.82, 2.24) is 0 Å². The lowest BCUT2D eigenvalue weighted by molar-refractivity contribution is 1.01. The van der Waals surface area contributed by atoms with E-state index < -0.39 is 0 Å². The number of benzene rings is 2. The van der Waals surface area contributed by atoms with Gasteiger partial charge in [-0.2, -0.15) is 0 Å². The summed E-state index contributed by atoms with van der Waals surface area (Å²) in [5.74, 6) is 0.383. The smallest absolute Gasteiger partial charge is 0.0629 e. The third-order valence-electron chi connectivity index (χ3n) is 3.59. The molecular formula is C19H17N. The van der Waals surface area contributed by atoms with E-state index in [0.29, 0.717) is 5.92 Å². The lowest BCUT2D eigenvalue weighted by Gasteiger charge is -2.13. The van der Waals surface area contributed by atoms with E-state index in [4.69, 9.17) is 0 Å². The van der Waals surface area contributed by atoms with Gasteiger partial charge in [-0.3, -0.25) is 4.99 Å². The SMILES string of the molecule is CC1=CC=CC1c1ccccc1C=Nc1ccccc1. The second-order valence-electron chi connectivity index (χ2n) is 5.00. The van der Waals surface area contributed by atoms with E-state index >= 15 is 0 Å². The van der Waals surface area contributed by atoms with Crippen molar-refractivity contribution in [2.24, 2.45) is 4.99 Å². The van der Waals surface area contributed by atoms with Crippen LogP contribution in [0.4, 0.5) is 5.69 Å². The van der Waals surface area contributed by atoms with E-state index in [2.05, 4.69) is 54.4 Å². The first-order chi connectivity index (χ1) is 9.84. The topological polar surface area (TPSA) is 12.4 Å². The molecule has 2 aromatic rings. The monoisotopic (exact) mass is 259 g/mol. The van der Waals surface area contributed by atoms with Crippen molar-refractivity contribution >= 4 is 11.9 Å². The lowest BCUT2D eigenvalue weighted by atomic mass is 9.91. The Morgan fingerprint density at radius 1 is 0.950 bits per heavy atom. The highest BCUT2D eigenvalue weighted by Crippen LogP contribution is 2.31. The summed E-state index contributed by atoms with van der Waals surface area (Å²) >= 11 is 0. The van der Waals surface area contributed by atoms with Gasteiger partial charge in [-0.25, -0.2) is 0 Å². The predicted octanol–water partition coefficient (Wildman–Crippen LogP) is 5.04. The fraction of sp³-hybridized carbons (Fsp3) is 0.105. The highest BCUT2D eigenvalue weighted by molar-refractivity contribution is 5.84. The van der Waals surface area contributed by atoms with Crippen molar-refractivity contribution in [1.29, 1.82) is 0 Å². The second-order valence-corrected chi connectivity index (χ2v) is 5.00. The van der Waals surface area contributed by atoms with E-state index in [1.807, 2.05) is 36.5 Å². The molecule has 20 heavy (non-hydrogen) atoms. The van der Waals surface area contributed by atoms with Crippen LogP contribution in [0.3, 0.4) is 0 Å². The lowest BCUT2D eigenvalue weighted by Crippen LogP contribution is -1.99. The summed E-state index contributed by atoms with van der Waals surface area (Å²) in [5, 5.41) is 0. The van der Waals surface area contributed by atoms with Gasteiger partial charge in [0.05, 0.1) is 5.69 Å². The minimum atomic E-state index is 0.383. The summed E-state index contributed by atoms with van der Waals surface area (Å²) in [6.07, 6.45) is 8.51. The summed E-state index contributed by atoms with van der Waals surface area (Å²) < 4.78 is 0. The largest absolute Gasteiger partial charge is 0.256 e. The van der Waals surface area contributed by atoms with Crippen LogP contribution in [0.5, 0.6) is 0 Å². The Balaban J connectivity index is 1.93. The molecule has 0 bridgehead atoms. The van der Waals surface area contributed by atoms with Crippen LogP contribution in [-0.2, 0) is 0 Å². The van der Waals surface area contributed by atoms with Crippen LogP contribution in [0.25, 0.3) is 0 Å². The molecule has 1 unspecified atom stereocenters. The highest BCUT2D eigenvalue weighted by Gasteiger charge is 2.15. The predicted molar refractivity (Wildman–Crippen MR) is 85.8 cm³/mol. The average Bonchev–Trinajstić information content (AvgIpc) is 2.92. The Labute approximate surface area is 120 Å². The fourth-order valence-corrected chi connectivity index (χ4v) is 2.49. The van der Waals surface area contributed by atoms with Gasteiger partial charge in [0.2, 0.25) is 0 Å². The Morgan fingerprint density at radius 2 is 1.70 bits per heavy atom.